The molecule has 3 aromatic rings. The SMILES string of the molecule is COc1cc2c(c(OC)c1OC)-c1ccc(NC(C(=O)NCc3cccn3C)C(C)C)c(=O)cc1C(NC(C)=O)CC2. The van der Waals surface area contributed by atoms with Gasteiger partial charge in [0.15, 0.2) is 11.5 Å². The normalized spacial score (nSPS) is 14.6. The van der Waals surface area contributed by atoms with E-state index < -0.39 is 12.1 Å². The average Bonchev–Trinajstić information content (AvgIpc) is 3.23. The van der Waals surface area contributed by atoms with Gasteiger partial charge in [-0.2, -0.15) is 0 Å². The Morgan fingerprint density at radius 2 is 1.79 bits per heavy atom. The summed E-state index contributed by atoms with van der Waals surface area (Å²) in [6, 6.07) is 9.77. The number of hydrogen-bond acceptors (Lipinski definition) is 7. The first kappa shape index (κ1) is 30.5. The van der Waals surface area contributed by atoms with Crippen LogP contribution in [0, 0.1) is 5.92 Å². The number of nitrogens with one attached hydrogen (secondary N) is 3. The number of anilines is 1. The van der Waals surface area contributed by atoms with Gasteiger partial charge in [-0.25, -0.2) is 0 Å². The minimum Gasteiger partial charge on any atom is -0.493 e. The van der Waals surface area contributed by atoms with Gasteiger partial charge in [0.05, 0.1) is 39.6 Å². The van der Waals surface area contributed by atoms with Gasteiger partial charge in [0, 0.05) is 31.4 Å². The Morgan fingerprint density at radius 3 is 2.38 bits per heavy atom. The van der Waals surface area contributed by atoms with Crippen LogP contribution in [0.15, 0.2) is 47.4 Å². The number of hydrogen-bond donors (Lipinski definition) is 3. The number of rotatable bonds is 10. The fourth-order valence-electron chi connectivity index (χ4n) is 5.50. The molecule has 10 nitrogen and oxygen atoms in total. The van der Waals surface area contributed by atoms with E-state index in [1.54, 1.807) is 33.5 Å². The zero-order chi connectivity index (χ0) is 30.6. The lowest BCUT2D eigenvalue weighted by Gasteiger charge is -2.22. The van der Waals surface area contributed by atoms with Crippen molar-refractivity contribution in [2.24, 2.45) is 13.0 Å². The number of ether oxygens (including phenoxy) is 3. The molecule has 1 heterocycles. The molecule has 4 rings (SSSR count). The van der Waals surface area contributed by atoms with Gasteiger partial charge < -0.3 is 34.7 Å². The Labute approximate surface area is 246 Å². The van der Waals surface area contributed by atoms with E-state index in [-0.39, 0.29) is 28.8 Å². The van der Waals surface area contributed by atoms with Crippen LogP contribution in [-0.2, 0) is 29.6 Å². The number of aryl methyl sites for hydroxylation is 2. The van der Waals surface area contributed by atoms with Crippen molar-refractivity contribution in [3.63, 3.8) is 0 Å². The predicted octanol–water partition coefficient (Wildman–Crippen LogP) is 3.95. The highest BCUT2D eigenvalue weighted by atomic mass is 16.5. The third-order valence-electron chi connectivity index (χ3n) is 7.67. The van der Waals surface area contributed by atoms with Crippen LogP contribution >= 0.6 is 0 Å². The molecule has 0 fully saturated rings. The number of aromatic nitrogens is 1. The van der Waals surface area contributed by atoms with Crippen molar-refractivity contribution < 1.29 is 23.8 Å². The van der Waals surface area contributed by atoms with E-state index in [2.05, 4.69) is 16.0 Å². The van der Waals surface area contributed by atoms with E-state index in [9.17, 15) is 14.4 Å². The van der Waals surface area contributed by atoms with Crippen LogP contribution in [0.5, 0.6) is 17.2 Å². The summed E-state index contributed by atoms with van der Waals surface area (Å²) < 4.78 is 19.0. The summed E-state index contributed by atoms with van der Waals surface area (Å²) in [5, 5.41) is 9.20. The van der Waals surface area contributed by atoms with Crippen molar-refractivity contribution in [2.75, 3.05) is 26.6 Å². The monoisotopic (exact) mass is 576 g/mol. The largest absolute Gasteiger partial charge is 0.493 e. The van der Waals surface area contributed by atoms with Crippen molar-refractivity contribution >= 4 is 17.5 Å². The van der Waals surface area contributed by atoms with Crippen LogP contribution in [-0.4, -0.2) is 43.8 Å². The summed E-state index contributed by atoms with van der Waals surface area (Å²) in [5.74, 6) is 0.922. The molecule has 0 saturated carbocycles. The highest BCUT2D eigenvalue weighted by molar-refractivity contribution is 5.86. The summed E-state index contributed by atoms with van der Waals surface area (Å²) in [6.07, 6.45) is 3.08. The summed E-state index contributed by atoms with van der Waals surface area (Å²) in [7, 11) is 6.59. The first-order chi connectivity index (χ1) is 20.1. The zero-order valence-corrected chi connectivity index (χ0v) is 25.3. The minimum absolute atomic E-state index is 0.106. The molecule has 0 radical (unpaired) electrons. The molecule has 3 N–H and O–H groups in total. The molecule has 2 aromatic carbocycles. The summed E-state index contributed by atoms with van der Waals surface area (Å²) in [5.41, 5.74) is 4.02. The standard InChI is InChI=1S/C32H40N4O6/c1-18(2)29(32(39)33-17-21-9-8-14-36(21)4)35-25-13-11-22-23(16-26(25)38)24(34-19(3)37)12-10-20-15-27(40-5)30(41-6)31(42-7)28(20)22/h8-9,11,13-16,18,24,29H,10,12,17H2,1-7H3,(H,33,39)(H,34,37)(H,35,38). The Bertz CT molecular complexity index is 1530. The fourth-order valence-corrected chi connectivity index (χ4v) is 5.50. The van der Waals surface area contributed by atoms with E-state index in [4.69, 9.17) is 14.2 Å². The molecule has 0 bridgehead atoms. The average molecular weight is 577 g/mol. The maximum atomic E-state index is 13.7. The van der Waals surface area contributed by atoms with Crippen molar-refractivity contribution in [2.45, 2.75) is 52.2 Å². The molecule has 1 aliphatic carbocycles. The molecule has 1 aliphatic rings. The van der Waals surface area contributed by atoms with Crippen LogP contribution in [0.1, 0.15) is 50.1 Å². The van der Waals surface area contributed by atoms with Crippen molar-refractivity contribution in [1.29, 1.82) is 0 Å². The Balaban J connectivity index is 1.81. The quantitative estimate of drug-likeness (QED) is 0.334. The summed E-state index contributed by atoms with van der Waals surface area (Å²) in [6.45, 7) is 5.68. The third-order valence-corrected chi connectivity index (χ3v) is 7.67. The Hall–Kier alpha value is -4.47. The molecular weight excluding hydrogens is 536 g/mol. The molecule has 42 heavy (non-hydrogen) atoms. The number of methoxy groups -OCH3 is 3. The molecule has 2 atom stereocenters. The van der Waals surface area contributed by atoms with Gasteiger partial charge in [-0.1, -0.05) is 19.9 Å². The predicted molar refractivity (Wildman–Crippen MR) is 162 cm³/mol. The van der Waals surface area contributed by atoms with Gasteiger partial charge in [-0.05, 0) is 65.8 Å². The second-order valence-corrected chi connectivity index (χ2v) is 10.8. The minimum atomic E-state index is -0.655. The van der Waals surface area contributed by atoms with Crippen molar-refractivity contribution in [3.8, 4) is 28.4 Å². The van der Waals surface area contributed by atoms with Crippen LogP contribution in [0.3, 0.4) is 0 Å². The maximum absolute atomic E-state index is 13.7. The van der Waals surface area contributed by atoms with Gasteiger partial charge in [-0.3, -0.25) is 14.4 Å². The Morgan fingerprint density at radius 1 is 1.05 bits per heavy atom. The van der Waals surface area contributed by atoms with Crippen molar-refractivity contribution in [3.05, 3.63) is 69.6 Å². The van der Waals surface area contributed by atoms with E-state index in [0.29, 0.717) is 42.2 Å². The number of amides is 2. The van der Waals surface area contributed by atoms with E-state index in [1.165, 1.54) is 6.92 Å². The van der Waals surface area contributed by atoms with Gasteiger partial charge in [0.1, 0.15) is 6.04 Å². The highest BCUT2D eigenvalue weighted by Crippen LogP contribution is 2.50. The smallest absolute Gasteiger partial charge is 0.243 e. The summed E-state index contributed by atoms with van der Waals surface area (Å²) >= 11 is 0. The number of fused-ring (bicyclic) bond motifs is 3. The van der Waals surface area contributed by atoms with Crippen LogP contribution in [0.4, 0.5) is 5.69 Å². The van der Waals surface area contributed by atoms with E-state index >= 15 is 0 Å². The first-order valence-corrected chi connectivity index (χ1v) is 14.0. The number of benzene rings is 1. The molecule has 10 heteroatoms. The molecule has 224 valence electrons. The van der Waals surface area contributed by atoms with E-state index in [0.717, 1.165) is 22.4 Å². The van der Waals surface area contributed by atoms with Crippen molar-refractivity contribution in [1.82, 2.24) is 15.2 Å². The summed E-state index contributed by atoms with van der Waals surface area (Å²) in [4.78, 5) is 39.2. The van der Waals surface area contributed by atoms with Gasteiger partial charge >= 0.3 is 0 Å². The van der Waals surface area contributed by atoms with Crippen LogP contribution < -0.4 is 35.6 Å². The fraction of sp³-hybridized carbons (Fsp3) is 0.406. The third kappa shape index (κ3) is 6.22. The topological polar surface area (TPSA) is 120 Å². The van der Waals surface area contributed by atoms with E-state index in [1.807, 2.05) is 55.9 Å². The molecule has 0 spiro atoms. The lowest BCUT2D eigenvalue weighted by atomic mass is 9.95. The number of carbonyl (C=O) groups is 2. The van der Waals surface area contributed by atoms with Gasteiger partial charge in [-0.15, -0.1) is 0 Å². The van der Waals surface area contributed by atoms with Gasteiger partial charge in [0.25, 0.3) is 0 Å². The number of nitrogens with zero attached hydrogens (tertiary/aromatic N) is 1. The second kappa shape index (κ2) is 13.0. The molecule has 0 aliphatic heterocycles. The van der Waals surface area contributed by atoms with Gasteiger partial charge in [0.2, 0.25) is 23.0 Å². The zero-order valence-electron chi connectivity index (χ0n) is 25.3. The lowest BCUT2D eigenvalue weighted by Crippen LogP contribution is -2.43. The highest BCUT2D eigenvalue weighted by Gasteiger charge is 2.30. The maximum Gasteiger partial charge on any atom is 0.243 e. The molecule has 0 saturated heterocycles. The molecule has 2 unspecified atom stereocenters. The lowest BCUT2D eigenvalue weighted by molar-refractivity contribution is -0.123. The second-order valence-electron chi connectivity index (χ2n) is 10.8. The number of carbonyl (C=O) groups excluding carboxylic acids is 2. The molecular formula is C32H40N4O6. The molecule has 1 aromatic heterocycles. The molecule has 2 amide bonds. The first-order valence-electron chi connectivity index (χ1n) is 14.0. The Kier molecular flexibility index (Phi) is 9.45. The van der Waals surface area contributed by atoms with Crippen LogP contribution in [0.25, 0.3) is 11.1 Å². The van der Waals surface area contributed by atoms with Crippen LogP contribution in [0.2, 0.25) is 0 Å².